The van der Waals surface area contributed by atoms with Crippen LogP contribution in [0.2, 0.25) is 10.0 Å². The summed E-state index contributed by atoms with van der Waals surface area (Å²) in [6.07, 6.45) is 1.45. The van der Waals surface area contributed by atoms with E-state index in [0.717, 1.165) is 5.56 Å². The molecule has 0 saturated carbocycles. The lowest BCUT2D eigenvalue weighted by atomic mass is 10.2. The number of carbonyl (C=O) groups excluding carboxylic acids is 2. The van der Waals surface area contributed by atoms with E-state index in [4.69, 9.17) is 32.7 Å². The van der Waals surface area contributed by atoms with E-state index in [2.05, 4.69) is 26.0 Å². The summed E-state index contributed by atoms with van der Waals surface area (Å²) < 4.78 is 12.0. The number of benzene rings is 2. The van der Waals surface area contributed by atoms with Gasteiger partial charge < -0.3 is 20.1 Å². The lowest BCUT2D eigenvalue weighted by Gasteiger charge is -2.14. The molecule has 0 spiro atoms. The Labute approximate surface area is 226 Å². The molecular formula is C25H22Cl2N6O5. The van der Waals surface area contributed by atoms with E-state index in [-0.39, 0.29) is 51.2 Å². The summed E-state index contributed by atoms with van der Waals surface area (Å²) in [4.78, 5) is 40.4. The number of urea groups is 1. The number of amides is 3. The Kier molecular flexibility index (Phi) is 8.31. The fraction of sp³-hybridized carbons (Fsp3) is 0.120. The van der Waals surface area contributed by atoms with Crippen LogP contribution >= 0.6 is 23.2 Å². The Bertz CT molecular complexity index is 1530. The molecular weight excluding hydrogens is 535 g/mol. The number of rotatable bonds is 8. The molecule has 0 aliphatic carbocycles. The molecule has 0 bridgehead atoms. The zero-order valence-electron chi connectivity index (χ0n) is 20.2. The summed E-state index contributed by atoms with van der Waals surface area (Å²) >= 11 is 12.8. The minimum atomic E-state index is -0.651. The molecule has 0 atom stereocenters. The molecule has 13 heteroatoms. The first-order valence-electron chi connectivity index (χ1n) is 11.1. The minimum absolute atomic E-state index is 0.0342. The number of halogens is 2. The molecule has 0 saturated heterocycles. The summed E-state index contributed by atoms with van der Waals surface area (Å²) in [5.74, 6) is 0.662. The molecule has 38 heavy (non-hydrogen) atoms. The molecule has 2 heterocycles. The Morgan fingerprint density at radius 2 is 1.76 bits per heavy atom. The highest BCUT2D eigenvalue weighted by molar-refractivity contribution is 6.45. The highest BCUT2D eigenvalue weighted by atomic mass is 35.5. The van der Waals surface area contributed by atoms with Crippen molar-refractivity contribution in [2.24, 2.45) is 0 Å². The molecule has 0 unspecified atom stereocenters. The molecule has 0 aliphatic heterocycles. The first-order valence-corrected chi connectivity index (χ1v) is 11.9. The number of hydrogen-bond acceptors (Lipinski definition) is 6. The highest BCUT2D eigenvalue weighted by Gasteiger charge is 2.16. The number of aryl methyl sites for hydroxylation is 1. The standard InChI is InChI=1S/C25H22Cl2N6O5/c1-14-3-5-15(6-4-14)33-20(12-21(34)32-33)31-25(36)29-17-7-8-18(24(27)23(17)26)38-16-9-10-28-19(11-16)30-22(35)13-37-2/h3-12H,13H2,1-2H3,(H,32,34)(H,28,30,35)(H2,29,31,36). The molecule has 0 fully saturated rings. The normalized spacial score (nSPS) is 10.6. The van der Waals surface area contributed by atoms with Gasteiger partial charge in [-0.05, 0) is 37.3 Å². The Balaban J connectivity index is 1.46. The van der Waals surface area contributed by atoms with Gasteiger partial charge in [-0.3, -0.25) is 20.0 Å². The van der Waals surface area contributed by atoms with Gasteiger partial charge in [-0.2, -0.15) is 0 Å². The van der Waals surface area contributed by atoms with E-state index in [1.807, 2.05) is 31.2 Å². The smallest absolute Gasteiger partial charge is 0.324 e. The van der Waals surface area contributed by atoms with Crippen molar-refractivity contribution in [3.05, 3.63) is 86.8 Å². The second kappa shape index (κ2) is 11.8. The number of hydrogen-bond donors (Lipinski definition) is 4. The number of methoxy groups -OCH3 is 1. The van der Waals surface area contributed by atoms with Gasteiger partial charge in [0.15, 0.2) is 0 Å². The van der Waals surface area contributed by atoms with Crippen LogP contribution in [0.25, 0.3) is 5.69 Å². The number of pyridine rings is 1. The molecule has 2 aromatic heterocycles. The van der Waals surface area contributed by atoms with E-state index in [1.165, 1.54) is 42.3 Å². The van der Waals surface area contributed by atoms with Gasteiger partial charge in [0.05, 0.1) is 16.4 Å². The Morgan fingerprint density at radius 1 is 1.00 bits per heavy atom. The average Bonchev–Trinajstić information content (AvgIpc) is 3.24. The third-order valence-corrected chi connectivity index (χ3v) is 5.93. The molecule has 2 aromatic carbocycles. The largest absolute Gasteiger partial charge is 0.456 e. The Hall–Kier alpha value is -4.32. The van der Waals surface area contributed by atoms with Crippen LogP contribution in [-0.2, 0) is 9.53 Å². The SMILES string of the molecule is COCC(=O)Nc1cc(Oc2ccc(NC(=O)Nc3cc(=O)[nH]n3-c3ccc(C)cc3)c(Cl)c2Cl)ccn1. The number of aromatic amines is 1. The van der Waals surface area contributed by atoms with Crippen LogP contribution in [0.5, 0.6) is 11.5 Å². The summed E-state index contributed by atoms with van der Waals surface area (Å²) in [5, 5.41) is 10.5. The molecule has 196 valence electrons. The van der Waals surface area contributed by atoms with Crippen LogP contribution in [0.15, 0.2) is 65.6 Å². The number of nitrogens with one attached hydrogen (secondary N) is 4. The number of ether oxygens (including phenoxy) is 2. The van der Waals surface area contributed by atoms with E-state index < -0.39 is 6.03 Å². The summed E-state index contributed by atoms with van der Waals surface area (Å²) in [6, 6.07) is 14.1. The molecule has 0 radical (unpaired) electrons. The number of carbonyl (C=O) groups is 2. The van der Waals surface area contributed by atoms with Crippen LogP contribution < -0.4 is 26.2 Å². The zero-order valence-corrected chi connectivity index (χ0v) is 21.7. The predicted molar refractivity (Wildman–Crippen MR) is 145 cm³/mol. The molecule has 0 aliphatic rings. The Morgan fingerprint density at radius 3 is 2.50 bits per heavy atom. The maximum Gasteiger partial charge on any atom is 0.324 e. The second-order valence-corrected chi connectivity index (χ2v) is 8.71. The monoisotopic (exact) mass is 556 g/mol. The predicted octanol–water partition coefficient (Wildman–Crippen LogP) is 5.20. The molecule has 3 amide bonds. The first-order chi connectivity index (χ1) is 18.2. The fourth-order valence-electron chi connectivity index (χ4n) is 3.34. The van der Waals surface area contributed by atoms with Crippen molar-refractivity contribution in [3.8, 4) is 17.2 Å². The zero-order chi connectivity index (χ0) is 27.2. The van der Waals surface area contributed by atoms with Crippen LogP contribution in [0.4, 0.5) is 22.1 Å². The summed E-state index contributed by atoms with van der Waals surface area (Å²) in [7, 11) is 1.41. The van der Waals surface area contributed by atoms with E-state index in [0.29, 0.717) is 11.4 Å². The van der Waals surface area contributed by atoms with Crippen molar-refractivity contribution in [1.29, 1.82) is 0 Å². The number of nitrogens with zero attached hydrogens (tertiary/aromatic N) is 2. The van der Waals surface area contributed by atoms with Crippen molar-refractivity contribution in [3.63, 3.8) is 0 Å². The van der Waals surface area contributed by atoms with Crippen molar-refractivity contribution in [2.75, 3.05) is 29.7 Å². The number of anilines is 3. The van der Waals surface area contributed by atoms with E-state index in [9.17, 15) is 14.4 Å². The third-order valence-electron chi connectivity index (χ3n) is 5.06. The van der Waals surface area contributed by atoms with Crippen LogP contribution in [0.1, 0.15) is 5.56 Å². The quantitative estimate of drug-likeness (QED) is 0.235. The highest BCUT2D eigenvalue weighted by Crippen LogP contribution is 2.39. The molecule has 4 N–H and O–H groups in total. The maximum atomic E-state index is 12.7. The molecule has 4 aromatic rings. The topological polar surface area (TPSA) is 139 Å². The summed E-state index contributed by atoms with van der Waals surface area (Å²) in [6.45, 7) is 1.82. The first kappa shape index (κ1) is 26.7. The van der Waals surface area contributed by atoms with Gasteiger partial charge >= 0.3 is 6.03 Å². The summed E-state index contributed by atoms with van der Waals surface area (Å²) in [5.41, 5.74) is 1.53. The number of aromatic nitrogens is 3. The van der Waals surface area contributed by atoms with Gasteiger partial charge in [0, 0.05) is 25.4 Å². The van der Waals surface area contributed by atoms with Crippen molar-refractivity contribution in [1.82, 2.24) is 14.8 Å². The molecule has 11 nitrogen and oxygen atoms in total. The van der Waals surface area contributed by atoms with Crippen molar-refractivity contribution in [2.45, 2.75) is 6.92 Å². The maximum absolute atomic E-state index is 12.7. The van der Waals surface area contributed by atoms with Gasteiger partial charge in [0.1, 0.15) is 34.8 Å². The van der Waals surface area contributed by atoms with E-state index >= 15 is 0 Å². The van der Waals surface area contributed by atoms with Gasteiger partial charge in [0.2, 0.25) is 0 Å². The average molecular weight is 557 g/mol. The second-order valence-electron chi connectivity index (χ2n) is 7.95. The van der Waals surface area contributed by atoms with Gasteiger partial charge in [0.25, 0.3) is 11.5 Å². The number of H-pyrrole nitrogens is 1. The van der Waals surface area contributed by atoms with Crippen molar-refractivity contribution < 1.29 is 19.1 Å². The van der Waals surface area contributed by atoms with Crippen molar-refractivity contribution >= 4 is 52.5 Å². The van der Waals surface area contributed by atoms with E-state index in [1.54, 1.807) is 6.07 Å². The van der Waals surface area contributed by atoms with Crippen LogP contribution in [0.3, 0.4) is 0 Å². The lowest BCUT2D eigenvalue weighted by molar-refractivity contribution is -0.119. The van der Waals surface area contributed by atoms with Crippen LogP contribution in [-0.4, -0.2) is 40.4 Å². The lowest BCUT2D eigenvalue weighted by Crippen LogP contribution is -2.21. The van der Waals surface area contributed by atoms with Gasteiger partial charge in [-0.25, -0.2) is 14.5 Å². The molecule has 4 rings (SSSR count). The van der Waals surface area contributed by atoms with Crippen LogP contribution in [0, 0.1) is 6.92 Å². The fourth-order valence-corrected chi connectivity index (χ4v) is 3.74. The van der Waals surface area contributed by atoms with Gasteiger partial charge in [-0.15, -0.1) is 0 Å². The third kappa shape index (κ3) is 6.51. The minimum Gasteiger partial charge on any atom is -0.456 e. The van der Waals surface area contributed by atoms with Gasteiger partial charge in [-0.1, -0.05) is 40.9 Å².